The van der Waals surface area contributed by atoms with Gasteiger partial charge >= 0.3 is 58.4 Å². The Morgan fingerprint density at radius 3 is 2.29 bits per heavy atom. The van der Waals surface area contributed by atoms with Crippen molar-refractivity contribution in [1.82, 2.24) is 0 Å². The Morgan fingerprint density at radius 2 is 1.79 bits per heavy atom. The summed E-state index contributed by atoms with van der Waals surface area (Å²) in [5.74, 6) is 0.0587. The second-order valence-corrected chi connectivity index (χ2v) is 2.86. The average Bonchev–Trinajstić information content (AvgIpc) is 2.01. The minimum Gasteiger partial charge on any atom is -0.520 e. The van der Waals surface area contributed by atoms with Crippen molar-refractivity contribution in [3.8, 4) is 5.75 Å². The molecule has 0 amide bonds. The van der Waals surface area contributed by atoms with E-state index in [1.807, 2.05) is 0 Å². The molecule has 0 N–H and O–H groups in total. The minimum absolute atomic E-state index is 0. The van der Waals surface area contributed by atoms with Crippen LogP contribution in [0, 0.1) is 0 Å². The van der Waals surface area contributed by atoms with Gasteiger partial charge in [-0.2, -0.15) is 0 Å². The molecule has 1 nitrogen and oxygen atoms in total. The maximum Gasteiger partial charge on any atom is 1.00 e. The van der Waals surface area contributed by atoms with E-state index in [1.54, 1.807) is 12.1 Å². The van der Waals surface area contributed by atoms with Crippen LogP contribution in [0.3, 0.4) is 0 Å². The maximum atomic E-state index is 11.8. The predicted molar refractivity (Wildman–Crippen MR) is 46.0 cm³/mol. The first-order valence-electron chi connectivity index (χ1n) is 3.57. The van der Waals surface area contributed by atoms with E-state index in [-0.39, 0.29) is 62.2 Å². The first-order valence-corrected chi connectivity index (χ1v) is 3.95. The fraction of sp³-hybridized carbons (Fsp3) is 0.143. The van der Waals surface area contributed by atoms with Crippen molar-refractivity contribution in [2.45, 2.75) is 0 Å². The van der Waals surface area contributed by atoms with Crippen LogP contribution in [0.5, 0.6) is 5.75 Å². The van der Waals surface area contributed by atoms with Gasteiger partial charge in [0.15, 0.2) is 0 Å². The van der Waals surface area contributed by atoms with E-state index < -0.39 is 13.5 Å². The zero-order valence-corrected chi connectivity index (χ0v) is 11.4. The molecule has 0 saturated heterocycles. The van der Waals surface area contributed by atoms with E-state index in [4.69, 9.17) is 11.6 Å². The van der Waals surface area contributed by atoms with Crippen molar-refractivity contribution in [2.24, 2.45) is 0 Å². The monoisotopic (exact) mass is 248 g/mol. The molecule has 0 atom stereocenters. The van der Waals surface area contributed by atoms with Crippen molar-refractivity contribution >= 4 is 18.6 Å². The zero-order valence-electron chi connectivity index (χ0n) is 7.51. The van der Waals surface area contributed by atoms with Gasteiger partial charge in [-0.25, -0.2) is 0 Å². The van der Waals surface area contributed by atoms with Crippen molar-refractivity contribution < 1.29 is 69.1 Å². The molecule has 14 heavy (non-hydrogen) atoms. The van der Waals surface area contributed by atoms with Crippen molar-refractivity contribution in [2.75, 3.05) is 6.51 Å². The molecule has 0 aliphatic carbocycles. The van der Waals surface area contributed by atoms with E-state index >= 15 is 0 Å². The van der Waals surface area contributed by atoms with Gasteiger partial charge in [-0.05, 0) is 12.1 Å². The number of benzene rings is 1. The first-order chi connectivity index (χ1) is 5.99. The Morgan fingerprint density at radius 1 is 1.21 bits per heavy atom. The van der Waals surface area contributed by atoms with Crippen LogP contribution in [-0.2, 0) is 0 Å². The van der Waals surface area contributed by atoms with Gasteiger partial charge in [0.1, 0.15) is 5.75 Å². The molecule has 1 aromatic carbocycles. The Bertz CT molecular complexity index is 295. The number of halogens is 4. The topological polar surface area (TPSA) is 9.23 Å². The minimum atomic E-state index is -4.92. The van der Waals surface area contributed by atoms with Gasteiger partial charge in [-0.3, -0.25) is 0 Å². The number of hydrogen-bond donors (Lipinski definition) is 0. The molecule has 0 bridgehead atoms. The normalized spacial score (nSPS) is 10.6. The standard InChI is InChI=1S/C7H6BClF3O.K/c9-6-3-1-2-4-7(6)13-5-8(10,11)12;/h1-4H,5H2;/q-1;+1. The summed E-state index contributed by atoms with van der Waals surface area (Å²) < 4.78 is 39.8. The van der Waals surface area contributed by atoms with Gasteiger partial charge in [-0.15, -0.1) is 0 Å². The molecule has 0 saturated carbocycles. The quantitative estimate of drug-likeness (QED) is 0.690. The first kappa shape index (κ1) is 14.8. The van der Waals surface area contributed by atoms with Crippen LogP contribution >= 0.6 is 11.6 Å². The van der Waals surface area contributed by atoms with Gasteiger partial charge in [0.2, 0.25) is 0 Å². The number of rotatable bonds is 3. The van der Waals surface area contributed by atoms with E-state index in [9.17, 15) is 12.9 Å². The molecule has 0 aliphatic heterocycles. The van der Waals surface area contributed by atoms with Gasteiger partial charge in [-0.1, -0.05) is 23.7 Å². The second-order valence-electron chi connectivity index (χ2n) is 2.45. The van der Waals surface area contributed by atoms with E-state index in [2.05, 4.69) is 4.74 Å². The summed E-state index contributed by atoms with van der Waals surface area (Å²) in [6.07, 6.45) is 0. The molecular formula is C7H6BClF3KO. The summed E-state index contributed by atoms with van der Waals surface area (Å²) in [7, 11) is 0. The molecule has 0 spiro atoms. The fourth-order valence-electron chi connectivity index (χ4n) is 0.746. The summed E-state index contributed by atoms with van der Waals surface area (Å²) in [5.41, 5.74) is 0. The molecule has 0 fully saturated rings. The van der Waals surface area contributed by atoms with Crippen LogP contribution in [0.25, 0.3) is 0 Å². The second kappa shape index (κ2) is 6.40. The number of ether oxygens (including phenoxy) is 1. The van der Waals surface area contributed by atoms with Crippen LogP contribution in [0.2, 0.25) is 5.02 Å². The third-order valence-corrected chi connectivity index (χ3v) is 1.58. The van der Waals surface area contributed by atoms with Crippen LogP contribution in [0.15, 0.2) is 24.3 Å². The fourth-order valence-corrected chi connectivity index (χ4v) is 0.936. The Balaban J connectivity index is 0.00000169. The summed E-state index contributed by atoms with van der Waals surface area (Å²) >= 11 is 5.57. The number of para-hydroxylation sites is 1. The average molecular weight is 248 g/mol. The molecule has 72 valence electrons. The van der Waals surface area contributed by atoms with E-state index in [1.165, 1.54) is 12.1 Å². The maximum absolute atomic E-state index is 11.8. The zero-order chi connectivity index (χ0) is 9.90. The summed E-state index contributed by atoms with van der Waals surface area (Å²) in [6, 6.07) is 6.04. The van der Waals surface area contributed by atoms with Gasteiger partial charge in [0.25, 0.3) is 0 Å². The Labute approximate surface area is 127 Å². The molecule has 0 aliphatic rings. The molecule has 0 aromatic heterocycles. The molecule has 1 aromatic rings. The molecule has 0 radical (unpaired) electrons. The summed E-state index contributed by atoms with van der Waals surface area (Å²) in [4.78, 5) is 0. The third-order valence-electron chi connectivity index (χ3n) is 1.26. The molecule has 0 unspecified atom stereocenters. The van der Waals surface area contributed by atoms with Crippen LogP contribution in [0.4, 0.5) is 12.9 Å². The smallest absolute Gasteiger partial charge is 0.520 e. The number of hydrogen-bond acceptors (Lipinski definition) is 1. The predicted octanol–water partition coefficient (Wildman–Crippen LogP) is 0.109. The van der Waals surface area contributed by atoms with Gasteiger partial charge in [0.05, 0.1) is 11.5 Å². The molecule has 1 rings (SSSR count). The van der Waals surface area contributed by atoms with Crippen LogP contribution in [-0.4, -0.2) is 13.5 Å². The third kappa shape index (κ3) is 5.63. The van der Waals surface area contributed by atoms with Crippen molar-refractivity contribution in [3.63, 3.8) is 0 Å². The Hall–Kier alpha value is 0.801. The Kier molecular flexibility index (Phi) is 6.76. The van der Waals surface area contributed by atoms with Crippen molar-refractivity contribution in [1.29, 1.82) is 0 Å². The van der Waals surface area contributed by atoms with Gasteiger partial charge in [0, 0.05) is 0 Å². The summed E-state index contributed by atoms with van der Waals surface area (Å²) in [6.45, 7) is -6.18. The molecular weight excluding hydrogens is 242 g/mol. The largest absolute Gasteiger partial charge is 1.00 e. The van der Waals surface area contributed by atoms with E-state index in [0.29, 0.717) is 0 Å². The van der Waals surface area contributed by atoms with E-state index in [0.717, 1.165) is 0 Å². The van der Waals surface area contributed by atoms with Crippen LogP contribution < -0.4 is 56.1 Å². The SMILES string of the molecule is F[B-](F)(F)COc1ccccc1Cl.[K+]. The van der Waals surface area contributed by atoms with Crippen LogP contribution in [0.1, 0.15) is 0 Å². The van der Waals surface area contributed by atoms with Crippen molar-refractivity contribution in [3.05, 3.63) is 29.3 Å². The van der Waals surface area contributed by atoms with Gasteiger partial charge < -0.3 is 17.7 Å². The summed E-state index contributed by atoms with van der Waals surface area (Å²) in [5, 5.41) is 0.183. The molecule has 0 heterocycles. The molecule has 7 heteroatoms.